The number of nitrogen functional groups attached to an aromatic ring is 2. The van der Waals surface area contributed by atoms with E-state index in [0.717, 1.165) is 17.7 Å². The molecule has 1 aromatic heterocycles. The minimum absolute atomic E-state index is 0.114. The SMILES string of the molecule is CCC(C)c1ccc(-n2c(-c3ccc(N)c(N)c3)nc3ccccc3c2=O)cc1. The average molecular weight is 384 g/mol. The summed E-state index contributed by atoms with van der Waals surface area (Å²) < 4.78 is 1.65. The molecule has 0 aliphatic carbocycles. The number of fused-ring (bicyclic) bond motifs is 1. The first-order valence-corrected chi connectivity index (χ1v) is 9.77. The fraction of sp³-hybridized carbons (Fsp3) is 0.167. The van der Waals surface area contributed by atoms with Gasteiger partial charge in [-0.25, -0.2) is 4.98 Å². The zero-order chi connectivity index (χ0) is 20.5. The second-order valence-corrected chi connectivity index (χ2v) is 7.34. The summed E-state index contributed by atoms with van der Waals surface area (Å²) in [7, 11) is 0. The molecule has 5 nitrogen and oxygen atoms in total. The third-order valence-electron chi connectivity index (χ3n) is 5.45. The van der Waals surface area contributed by atoms with E-state index in [4.69, 9.17) is 16.5 Å². The van der Waals surface area contributed by atoms with Gasteiger partial charge in [0, 0.05) is 5.56 Å². The Hall–Kier alpha value is -3.60. The van der Waals surface area contributed by atoms with E-state index in [0.29, 0.717) is 34.0 Å². The van der Waals surface area contributed by atoms with E-state index in [-0.39, 0.29) is 5.56 Å². The highest BCUT2D eigenvalue weighted by molar-refractivity contribution is 5.81. The minimum Gasteiger partial charge on any atom is -0.397 e. The van der Waals surface area contributed by atoms with Crippen LogP contribution in [0.4, 0.5) is 11.4 Å². The summed E-state index contributed by atoms with van der Waals surface area (Å²) in [5.41, 5.74) is 16.2. The van der Waals surface area contributed by atoms with Crippen molar-refractivity contribution in [1.82, 2.24) is 9.55 Å². The van der Waals surface area contributed by atoms with Gasteiger partial charge in [-0.3, -0.25) is 9.36 Å². The maximum atomic E-state index is 13.4. The molecule has 5 heteroatoms. The van der Waals surface area contributed by atoms with Crippen molar-refractivity contribution in [3.8, 4) is 17.1 Å². The van der Waals surface area contributed by atoms with Gasteiger partial charge < -0.3 is 11.5 Å². The Morgan fingerprint density at radius 1 is 0.966 bits per heavy atom. The predicted molar refractivity (Wildman–Crippen MR) is 120 cm³/mol. The van der Waals surface area contributed by atoms with E-state index >= 15 is 0 Å². The van der Waals surface area contributed by atoms with Crippen molar-refractivity contribution in [2.45, 2.75) is 26.2 Å². The van der Waals surface area contributed by atoms with Gasteiger partial charge in [0.05, 0.1) is 28.0 Å². The largest absolute Gasteiger partial charge is 0.397 e. The zero-order valence-electron chi connectivity index (χ0n) is 16.6. The lowest BCUT2D eigenvalue weighted by Crippen LogP contribution is -2.22. The maximum absolute atomic E-state index is 13.4. The van der Waals surface area contributed by atoms with Crippen LogP contribution in [0.25, 0.3) is 28.0 Å². The quantitative estimate of drug-likeness (QED) is 0.498. The Morgan fingerprint density at radius 2 is 1.69 bits per heavy atom. The summed E-state index contributed by atoms with van der Waals surface area (Å²) >= 11 is 0. The highest BCUT2D eigenvalue weighted by Gasteiger charge is 2.15. The number of rotatable bonds is 4. The van der Waals surface area contributed by atoms with Gasteiger partial charge in [-0.15, -0.1) is 0 Å². The monoisotopic (exact) mass is 384 g/mol. The highest BCUT2D eigenvalue weighted by atomic mass is 16.1. The lowest BCUT2D eigenvalue weighted by Gasteiger charge is -2.16. The molecule has 0 bridgehead atoms. The molecule has 0 spiro atoms. The molecule has 1 heterocycles. The summed E-state index contributed by atoms with van der Waals surface area (Å²) in [5, 5.41) is 0.575. The van der Waals surface area contributed by atoms with Crippen LogP contribution in [0.15, 0.2) is 71.5 Å². The highest BCUT2D eigenvalue weighted by Crippen LogP contribution is 2.27. The van der Waals surface area contributed by atoms with Crippen LogP contribution < -0.4 is 17.0 Å². The Labute approximate surface area is 169 Å². The van der Waals surface area contributed by atoms with E-state index in [1.165, 1.54) is 5.56 Å². The van der Waals surface area contributed by atoms with Gasteiger partial charge in [-0.05, 0) is 60.4 Å². The van der Waals surface area contributed by atoms with Gasteiger partial charge in [-0.2, -0.15) is 0 Å². The van der Waals surface area contributed by atoms with Crippen molar-refractivity contribution < 1.29 is 0 Å². The van der Waals surface area contributed by atoms with Crippen LogP contribution in [0.5, 0.6) is 0 Å². The molecule has 29 heavy (non-hydrogen) atoms. The lowest BCUT2D eigenvalue weighted by atomic mass is 9.98. The molecule has 3 aromatic carbocycles. The molecule has 146 valence electrons. The first kappa shape index (κ1) is 18.7. The molecule has 0 saturated heterocycles. The number of para-hydroxylation sites is 1. The van der Waals surface area contributed by atoms with Gasteiger partial charge in [0.25, 0.3) is 5.56 Å². The average Bonchev–Trinajstić information content (AvgIpc) is 2.75. The number of hydrogen-bond donors (Lipinski definition) is 2. The van der Waals surface area contributed by atoms with Crippen molar-refractivity contribution in [2.24, 2.45) is 0 Å². The summed E-state index contributed by atoms with van der Waals surface area (Å²) in [6, 6.07) is 20.8. The topological polar surface area (TPSA) is 86.9 Å². The van der Waals surface area contributed by atoms with Crippen molar-refractivity contribution in [2.75, 3.05) is 11.5 Å². The molecule has 0 aliphatic heterocycles. The predicted octanol–water partition coefficient (Wildman–Crippen LogP) is 4.73. The standard InChI is InChI=1S/C24H24N4O/c1-3-15(2)16-8-11-18(12-9-16)28-23(17-10-13-20(25)21(26)14-17)27-22-7-5-4-6-19(22)24(28)29/h4-15H,3,25-26H2,1-2H3. The molecule has 4 rings (SSSR count). The Bertz CT molecular complexity index is 1240. The molecule has 0 amide bonds. The summed E-state index contributed by atoms with van der Waals surface area (Å²) in [6.07, 6.45) is 1.06. The van der Waals surface area contributed by atoms with E-state index in [2.05, 4.69) is 26.0 Å². The van der Waals surface area contributed by atoms with Crippen LogP contribution in [0.1, 0.15) is 31.7 Å². The number of benzene rings is 3. The Morgan fingerprint density at radius 3 is 2.38 bits per heavy atom. The number of hydrogen-bond acceptors (Lipinski definition) is 4. The van der Waals surface area contributed by atoms with Crippen LogP contribution in [0.3, 0.4) is 0 Å². The zero-order valence-corrected chi connectivity index (χ0v) is 16.6. The Kier molecular flexibility index (Phi) is 4.80. The number of nitrogens with zero attached hydrogens (tertiary/aromatic N) is 2. The van der Waals surface area contributed by atoms with Crippen molar-refractivity contribution in [1.29, 1.82) is 0 Å². The summed E-state index contributed by atoms with van der Waals surface area (Å²) in [6.45, 7) is 4.36. The van der Waals surface area contributed by atoms with Crippen LogP contribution in [0, 0.1) is 0 Å². The number of nitrogens with two attached hydrogens (primary N) is 2. The van der Waals surface area contributed by atoms with Gasteiger partial charge in [0.15, 0.2) is 0 Å². The third kappa shape index (κ3) is 3.36. The fourth-order valence-electron chi connectivity index (χ4n) is 3.47. The fourth-order valence-corrected chi connectivity index (χ4v) is 3.47. The molecule has 0 radical (unpaired) electrons. The first-order valence-electron chi connectivity index (χ1n) is 9.77. The Balaban J connectivity index is 1.99. The van der Waals surface area contributed by atoms with Crippen LogP contribution >= 0.6 is 0 Å². The third-order valence-corrected chi connectivity index (χ3v) is 5.45. The molecular formula is C24H24N4O. The second-order valence-electron chi connectivity index (χ2n) is 7.34. The normalized spacial score (nSPS) is 12.2. The molecule has 4 aromatic rings. The molecule has 1 atom stereocenters. The number of aromatic nitrogens is 2. The smallest absolute Gasteiger partial charge is 0.266 e. The van der Waals surface area contributed by atoms with E-state index in [9.17, 15) is 4.79 Å². The summed E-state index contributed by atoms with van der Waals surface area (Å²) in [4.78, 5) is 18.2. The molecule has 0 saturated carbocycles. The molecule has 4 N–H and O–H groups in total. The maximum Gasteiger partial charge on any atom is 0.266 e. The van der Waals surface area contributed by atoms with Crippen LogP contribution in [-0.2, 0) is 0 Å². The van der Waals surface area contributed by atoms with Gasteiger partial charge in [0.2, 0.25) is 0 Å². The van der Waals surface area contributed by atoms with Crippen molar-refractivity contribution >= 4 is 22.3 Å². The first-order chi connectivity index (χ1) is 14.0. The summed E-state index contributed by atoms with van der Waals surface area (Å²) in [5.74, 6) is 1.00. The molecule has 0 aliphatic rings. The molecular weight excluding hydrogens is 360 g/mol. The van der Waals surface area contributed by atoms with Crippen molar-refractivity contribution in [3.63, 3.8) is 0 Å². The van der Waals surface area contributed by atoms with E-state index in [1.807, 2.05) is 36.4 Å². The van der Waals surface area contributed by atoms with Crippen LogP contribution in [-0.4, -0.2) is 9.55 Å². The van der Waals surface area contributed by atoms with Gasteiger partial charge in [-0.1, -0.05) is 38.1 Å². The van der Waals surface area contributed by atoms with Gasteiger partial charge in [0.1, 0.15) is 5.82 Å². The molecule has 1 unspecified atom stereocenters. The van der Waals surface area contributed by atoms with Crippen molar-refractivity contribution in [3.05, 3.63) is 82.6 Å². The second kappa shape index (κ2) is 7.43. The van der Waals surface area contributed by atoms with E-state index < -0.39 is 0 Å². The molecule has 0 fully saturated rings. The number of anilines is 2. The lowest BCUT2D eigenvalue weighted by molar-refractivity contribution is 0.733. The van der Waals surface area contributed by atoms with E-state index in [1.54, 1.807) is 22.8 Å². The van der Waals surface area contributed by atoms with Gasteiger partial charge >= 0.3 is 0 Å². The minimum atomic E-state index is -0.114. The van der Waals surface area contributed by atoms with Crippen LogP contribution in [0.2, 0.25) is 0 Å².